The molecule has 2 nitrogen and oxygen atoms in total. The third-order valence-electron chi connectivity index (χ3n) is 2.57. The van der Waals surface area contributed by atoms with Crippen molar-refractivity contribution in [2.45, 2.75) is 20.3 Å². The molecule has 0 radical (unpaired) electrons. The average molecular weight is 174 g/mol. The van der Waals surface area contributed by atoms with Gasteiger partial charge in [-0.25, -0.2) is 0 Å². The molecule has 0 amide bonds. The zero-order valence-corrected chi connectivity index (χ0v) is 8.33. The second kappa shape index (κ2) is 2.87. The minimum atomic E-state index is 1.05. The van der Waals surface area contributed by atoms with Gasteiger partial charge in [-0.15, -0.1) is 0 Å². The zero-order chi connectivity index (χ0) is 9.42. The second-order valence-corrected chi connectivity index (χ2v) is 3.48. The van der Waals surface area contributed by atoms with Crippen LogP contribution >= 0.6 is 0 Å². The van der Waals surface area contributed by atoms with Gasteiger partial charge in [-0.05, 0) is 31.4 Å². The maximum absolute atomic E-state index is 4.40. The van der Waals surface area contributed by atoms with E-state index in [0.717, 1.165) is 12.1 Å². The lowest BCUT2D eigenvalue weighted by molar-refractivity contribution is 0.747. The van der Waals surface area contributed by atoms with Crippen molar-refractivity contribution in [3.05, 3.63) is 35.2 Å². The quantitative estimate of drug-likeness (QED) is 0.639. The van der Waals surface area contributed by atoms with E-state index in [2.05, 4.69) is 37.2 Å². The van der Waals surface area contributed by atoms with Gasteiger partial charge in [0, 0.05) is 7.05 Å². The summed E-state index contributed by atoms with van der Waals surface area (Å²) in [5.74, 6) is 0. The van der Waals surface area contributed by atoms with Gasteiger partial charge in [-0.2, -0.15) is 5.10 Å². The Balaban J connectivity index is 2.56. The molecular weight excluding hydrogens is 160 g/mol. The summed E-state index contributed by atoms with van der Waals surface area (Å²) in [6.07, 6.45) is 7.64. The van der Waals surface area contributed by atoms with Gasteiger partial charge in [0.2, 0.25) is 0 Å². The van der Waals surface area contributed by atoms with Crippen LogP contribution in [0.25, 0.3) is 5.57 Å². The fraction of sp³-hybridized carbons (Fsp3) is 0.364. The molecule has 0 spiro atoms. The van der Waals surface area contributed by atoms with Crippen LogP contribution in [0.3, 0.4) is 0 Å². The first kappa shape index (κ1) is 8.30. The first-order valence-electron chi connectivity index (χ1n) is 4.57. The SMILES string of the molecule is Cc1nn(C)c(C2=CCC=C2)c1C. The highest BCUT2D eigenvalue weighted by atomic mass is 15.3. The molecule has 1 aliphatic carbocycles. The average Bonchev–Trinajstić information content (AvgIpc) is 2.63. The van der Waals surface area contributed by atoms with E-state index in [0.29, 0.717) is 0 Å². The molecule has 68 valence electrons. The number of allylic oxidation sites excluding steroid dienone is 4. The van der Waals surface area contributed by atoms with Gasteiger partial charge in [-0.1, -0.05) is 18.2 Å². The maximum atomic E-state index is 4.40. The van der Waals surface area contributed by atoms with Crippen molar-refractivity contribution in [3.8, 4) is 0 Å². The number of hydrogen-bond donors (Lipinski definition) is 0. The molecule has 0 saturated heterocycles. The minimum absolute atomic E-state index is 1.05. The van der Waals surface area contributed by atoms with Crippen LogP contribution in [-0.4, -0.2) is 9.78 Å². The van der Waals surface area contributed by atoms with Crippen molar-refractivity contribution in [1.82, 2.24) is 9.78 Å². The lowest BCUT2D eigenvalue weighted by Gasteiger charge is -2.01. The van der Waals surface area contributed by atoms with Crippen molar-refractivity contribution in [3.63, 3.8) is 0 Å². The highest BCUT2D eigenvalue weighted by Gasteiger charge is 2.12. The van der Waals surface area contributed by atoms with Gasteiger partial charge < -0.3 is 0 Å². The highest BCUT2D eigenvalue weighted by Crippen LogP contribution is 2.25. The minimum Gasteiger partial charge on any atom is -0.267 e. The molecule has 1 heterocycles. The van der Waals surface area contributed by atoms with Gasteiger partial charge in [0.05, 0.1) is 11.4 Å². The number of rotatable bonds is 1. The lowest BCUT2D eigenvalue weighted by Crippen LogP contribution is -1.96. The van der Waals surface area contributed by atoms with Crippen LogP contribution in [0.5, 0.6) is 0 Å². The van der Waals surface area contributed by atoms with E-state index in [1.54, 1.807) is 0 Å². The third-order valence-corrected chi connectivity index (χ3v) is 2.57. The van der Waals surface area contributed by atoms with Crippen LogP contribution in [0.2, 0.25) is 0 Å². The zero-order valence-electron chi connectivity index (χ0n) is 8.33. The summed E-state index contributed by atoms with van der Waals surface area (Å²) in [7, 11) is 2.00. The first-order chi connectivity index (χ1) is 6.20. The van der Waals surface area contributed by atoms with Crippen LogP contribution in [0.4, 0.5) is 0 Å². The predicted octanol–water partition coefficient (Wildman–Crippen LogP) is 2.38. The van der Waals surface area contributed by atoms with E-state index in [1.165, 1.54) is 16.8 Å². The van der Waals surface area contributed by atoms with Crippen LogP contribution < -0.4 is 0 Å². The normalized spacial score (nSPS) is 15.2. The molecule has 0 atom stereocenters. The van der Waals surface area contributed by atoms with Gasteiger partial charge in [0.25, 0.3) is 0 Å². The number of aryl methyl sites for hydroxylation is 2. The lowest BCUT2D eigenvalue weighted by atomic mass is 10.1. The summed E-state index contributed by atoms with van der Waals surface area (Å²) < 4.78 is 1.96. The Morgan fingerprint density at radius 3 is 2.62 bits per heavy atom. The Kier molecular flexibility index (Phi) is 1.83. The van der Waals surface area contributed by atoms with E-state index in [1.807, 2.05) is 11.7 Å². The summed E-state index contributed by atoms with van der Waals surface area (Å²) in [4.78, 5) is 0. The summed E-state index contributed by atoms with van der Waals surface area (Å²) >= 11 is 0. The van der Waals surface area contributed by atoms with Crippen LogP contribution in [0.15, 0.2) is 18.2 Å². The molecule has 2 rings (SSSR count). The molecule has 1 aliphatic rings. The van der Waals surface area contributed by atoms with Crippen molar-refractivity contribution in [1.29, 1.82) is 0 Å². The Bertz CT molecular complexity index is 394. The fourth-order valence-corrected chi connectivity index (χ4v) is 1.80. The Labute approximate surface area is 78.6 Å². The molecule has 1 aromatic heterocycles. The molecule has 0 unspecified atom stereocenters. The monoisotopic (exact) mass is 174 g/mol. The fourth-order valence-electron chi connectivity index (χ4n) is 1.80. The molecule has 0 aromatic carbocycles. The molecule has 0 aliphatic heterocycles. The van der Waals surface area contributed by atoms with Crippen LogP contribution in [-0.2, 0) is 7.05 Å². The first-order valence-corrected chi connectivity index (χ1v) is 4.57. The summed E-state index contributed by atoms with van der Waals surface area (Å²) in [5.41, 5.74) is 4.98. The van der Waals surface area contributed by atoms with Crippen LogP contribution in [0, 0.1) is 13.8 Å². The van der Waals surface area contributed by atoms with E-state index in [-0.39, 0.29) is 0 Å². The smallest absolute Gasteiger partial charge is 0.0707 e. The van der Waals surface area contributed by atoms with Crippen molar-refractivity contribution >= 4 is 5.57 Å². The van der Waals surface area contributed by atoms with Gasteiger partial charge in [-0.3, -0.25) is 4.68 Å². The molecule has 0 bridgehead atoms. The second-order valence-electron chi connectivity index (χ2n) is 3.48. The van der Waals surface area contributed by atoms with Gasteiger partial charge in [0.1, 0.15) is 0 Å². The largest absolute Gasteiger partial charge is 0.267 e. The highest BCUT2D eigenvalue weighted by molar-refractivity contribution is 5.76. The Hall–Kier alpha value is -1.31. The van der Waals surface area contributed by atoms with E-state index >= 15 is 0 Å². The predicted molar refractivity (Wildman–Crippen MR) is 54.4 cm³/mol. The topological polar surface area (TPSA) is 17.8 Å². The number of aromatic nitrogens is 2. The Morgan fingerprint density at radius 2 is 2.15 bits per heavy atom. The van der Waals surface area contributed by atoms with E-state index in [4.69, 9.17) is 0 Å². The van der Waals surface area contributed by atoms with Crippen molar-refractivity contribution < 1.29 is 0 Å². The molecule has 13 heavy (non-hydrogen) atoms. The molecule has 1 aromatic rings. The number of nitrogens with zero attached hydrogens (tertiary/aromatic N) is 2. The van der Waals surface area contributed by atoms with Crippen molar-refractivity contribution in [2.75, 3.05) is 0 Å². The van der Waals surface area contributed by atoms with Gasteiger partial charge in [0.15, 0.2) is 0 Å². The molecular formula is C11H14N2. The third kappa shape index (κ3) is 1.22. The van der Waals surface area contributed by atoms with E-state index in [9.17, 15) is 0 Å². The molecule has 2 heteroatoms. The standard InChI is InChI=1S/C11H14N2/c1-8-9(2)12-13(3)11(8)10-6-4-5-7-10/h4,6-7H,5H2,1-3H3. The van der Waals surface area contributed by atoms with E-state index < -0.39 is 0 Å². The maximum Gasteiger partial charge on any atom is 0.0707 e. The summed E-state index contributed by atoms with van der Waals surface area (Å²) in [6, 6.07) is 0. The summed E-state index contributed by atoms with van der Waals surface area (Å²) in [6.45, 7) is 4.18. The van der Waals surface area contributed by atoms with Crippen LogP contribution in [0.1, 0.15) is 23.4 Å². The van der Waals surface area contributed by atoms with Crippen molar-refractivity contribution in [2.24, 2.45) is 7.05 Å². The molecule has 0 saturated carbocycles. The molecule has 0 N–H and O–H groups in total. The molecule has 0 fully saturated rings. The number of hydrogen-bond acceptors (Lipinski definition) is 1. The Morgan fingerprint density at radius 1 is 1.38 bits per heavy atom. The summed E-state index contributed by atoms with van der Waals surface area (Å²) in [5, 5.41) is 4.40. The van der Waals surface area contributed by atoms with Gasteiger partial charge >= 0.3 is 0 Å².